The van der Waals surface area contributed by atoms with E-state index in [1.54, 1.807) is 0 Å². The number of hydrogen-bond acceptors (Lipinski definition) is 3. The van der Waals surface area contributed by atoms with Gasteiger partial charge in [0.05, 0.1) is 11.1 Å². The van der Waals surface area contributed by atoms with Gasteiger partial charge in [0, 0.05) is 29.8 Å². The van der Waals surface area contributed by atoms with Crippen molar-refractivity contribution in [3.05, 3.63) is 26.6 Å². The van der Waals surface area contributed by atoms with Crippen LogP contribution >= 0.6 is 31.9 Å². The third-order valence-corrected chi connectivity index (χ3v) is 4.49. The summed E-state index contributed by atoms with van der Waals surface area (Å²) in [5, 5.41) is 3.50. The molecule has 0 radical (unpaired) electrons. The Balaban J connectivity index is 1.87. The molecule has 0 bridgehead atoms. The van der Waals surface area contributed by atoms with E-state index >= 15 is 0 Å². The van der Waals surface area contributed by atoms with Crippen molar-refractivity contribution in [2.24, 2.45) is 5.92 Å². The zero-order chi connectivity index (χ0) is 14.4. The first-order valence-corrected chi connectivity index (χ1v) is 8.68. The molecule has 0 amide bonds. The van der Waals surface area contributed by atoms with Crippen LogP contribution in [0, 0.1) is 5.92 Å². The van der Waals surface area contributed by atoms with Crippen LogP contribution in [0.5, 0.6) is 5.75 Å². The first kappa shape index (κ1) is 16.3. The van der Waals surface area contributed by atoms with Crippen LogP contribution in [0.25, 0.3) is 0 Å². The lowest BCUT2D eigenvalue weighted by Gasteiger charge is -2.14. The van der Waals surface area contributed by atoms with Crippen LogP contribution in [0.15, 0.2) is 21.1 Å². The lowest BCUT2D eigenvalue weighted by atomic mass is 10.1. The quantitative estimate of drug-likeness (QED) is 0.690. The summed E-state index contributed by atoms with van der Waals surface area (Å²) in [6.07, 6.45) is 2.38. The van der Waals surface area contributed by atoms with Crippen LogP contribution in [0.2, 0.25) is 0 Å². The van der Waals surface area contributed by atoms with Gasteiger partial charge in [-0.05, 0) is 60.3 Å². The van der Waals surface area contributed by atoms with E-state index in [1.165, 1.54) is 18.4 Å². The van der Waals surface area contributed by atoms with Crippen molar-refractivity contribution in [3.8, 4) is 5.75 Å². The van der Waals surface area contributed by atoms with Crippen molar-refractivity contribution in [3.63, 3.8) is 0 Å². The summed E-state index contributed by atoms with van der Waals surface area (Å²) in [5.41, 5.74) is 1.18. The number of ether oxygens (including phenoxy) is 2. The zero-order valence-corrected chi connectivity index (χ0v) is 14.9. The SMILES string of the molecule is CCOc1c(Br)cc(Br)cc1CNCCC1CCOC1. The van der Waals surface area contributed by atoms with Crippen LogP contribution in [0.1, 0.15) is 25.3 Å². The van der Waals surface area contributed by atoms with Crippen LogP contribution in [0.4, 0.5) is 0 Å². The van der Waals surface area contributed by atoms with Gasteiger partial charge in [-0.15, -0.1) is 0 Å². The summed E-state index contributed by atoms with van der Waals surface area (Å²) in [7, 11) is 0. The molecule has 1 aromatic carbocycles. The molecule has 0 spiro atoms. The van der Waals surface area contributed by atoms with Gasteiger partial charge >= 0.3 is 0 Å². The van der Waals surface area contributed by atoms with E-state index in [0.717, 1.165) is 46.9 Å². The van der Waals surface area contributed by atoms with E-state index < -0.39 is 0 Å². The molecule has 1 N–H and O–H groups in total. The predicted octanol–water partition coefficient (Wildman–Crippen LogP) is 4.13. The van der Waals surface area contributed by atoms with Crippen molar-refractivity contribution >= 4 is 31.9 Å². The van der Waals surface area contributed by atoms with Crippen LogP contribution in [0.3, 0.4) is 0 Å². The molecule has 1 unspecified atom stereocenters. The van der Waals surface area contributed by atoms with E-state index in [9.17, 15) is 0 Å². The molecule has 1 aliphatic rings. The van der Waals surface area contributed by atoms with Crippen LogP contribution < -0.4 is 10.1 Å². The third kappa shape index (κ3) is 4.72. The van der Waals surface area contributed by atoms with Crippen LogP contribution in [-0.2, 0) is 11.3 Å². The first-order chi connectivity index (χ1) is 9.70. The van der Waals surface area contributed by atoms with Crippen molar-refractivity contribution in [1.29, 1.82) is 0 Å². The summed E-state index contributed by atoms with van der Waals surface area (Å²) in [5.74, 6) is 1.66. The fourth-order valence-corrected chi connectivity index (χ4v) is 3.82. The van der Waals surface area contributed by atoms with Crippen LogP contribution in [-0.4, -0.2) is 26.4 Å². The average Bonchev–Trinajstić information content (AvgIpc) is 2.91. The number of nitrogens with one attached hydrogen (secondary N) is 1. The Morgan fingerprint density at radius 3 is 2.95 bits per heavy atom. The number of rotatable bonds is 7. The summed E-state index contributed by atoms with van der Waals surface area (Å²) >= 11 is 7.09. The third-order valence-electron chi connectivity index (χ3n) is 3.44. The Labute approximate surface area is 137 Å². The molecule has 1 heterocycles. The van der Waals surface area contributed by atoms with E-state index in [4.69, 9.17) is 9.47 Å². The number of benzene rings is 1. The molecule has 20 heavy (non-hydrogen) atoms. The lowest BCUT2D eigenvalue weighted by molar-refractivity contribution is 0.184. The molecule has 1 saturated heterocycles. The van der Waals surface area contributed by atoms with Crippen molar-refractivity contribution in [2.75, 3.05) is 26.4 Å². The van der Waals surface area contributed by atoms with Gasteiger partial charge in [0.1, 0.15) is 5.75 Å². The Morgan fingerprint density at radius 2 is 2.25 bits per heavy atom. The van der Waals surface area contributed by atoms with E-state index in [1.807, 2.05) is 13.0 Å². The fraction of sp³-hybridized carbons (Fsp3) is 0.600. The summed E-state index contributed by atoms with van der Waals surface area (Å²) in [6.45, 7) is 6.37. The van der Waals surface area contributed by atoms with Gasteiger partial charge in [0.2, 0.25) is 0 Å². The van der Waals surface area contributed by atoms with Crippen molar-refractivity contribution in [1.82, 2.24) is 5.32 Å². The highest BCUT2D eigenvalue weighted by Gasteiger charge is 2.15. The minimum absolute atomic E-state index is 0.673. The van der Waals surface area contributed by atoms with Gasteiger partial charge in [0.15, 0.2) is 0 Å². The maximum Gasteiger partial charge on any atom is 0.138 e. The monoisotopic (exact) mass is 405 g/mol. The highest BCUT2D eigenvalue weighted by atomic mass is 79.9. The Hall–Kier alpha value is -0.100. The lowest BCUT2D eigenvalue weighted by Crippen LogP contribution is -2.18. The molecule has 1 aromatic rings. The summed E-state index contributed by atoms with van der Waals surface area (Å²) in [6, 6.07) is 4.13. The molecule has 1 aliphatic heterocycles. The Kier molecular flexibility index (Phi) is 6.81. The normalized spacial score (nSPS) is 18.4. The smallest absolute Gasteiger partial charge is 0.138 e. The molecule has 3 nitrogen and oxygen atoms in total. The second-order valence-electron chi connectivity index (χ2n) is 5.00. The van der Waals surface area contributed by atoms with Gasteiger partial charge in [0.25, 0.3) is 0 Å². The topological polar surface area (TPSA) is 30.5 Å². The molecule has 2 rings (SSSR count). The molecule has 0 aliphatic carbocycles. The highest BCUT2D eigenvalue weighted by Crippen LogP contribution is 2.33. The van der Waals surface area contributed by atoms with E-state index in [-0.39, 0.29) is 0 Å². The second kappa shape index (κ2) is 8.37. The number of halogens is 2. The van der Waals surface area contributed by atoms with Gasteiger partial charge in [-0.1, -0.05) is 15.9 Å². The molecule has 112 valence electrons. The summed E-state index contributed by atoms with van der Waals surface area (Å²) in [4.78, 5) is 0. The molecule has 5 heteroatoms. The molecular weight excluding hydrogens is 386 g/mol. The van der Waals surface area contributed by atoms with Crippen molar-refractivity contribution in [2.45, 2.75) is 26.3 Å². The second-order valence-corrected chi connectivity index (χ2v) is 6.77. The van der Waals surface area contributed by atoms with Gasteiger partial charge in [-0.3, -0.25) is 0 Å². The summed E-state index contributed by atoms with van der Waals surface area (Å²) < 4.78 is 13.2. The minimum atomic E-state index is 0.673. The Bertz CT molecular complexity index is 434. The molecule has 1 atom stereocenters. The van der Waals surface area contributed by atoms with Gasteiger partial charge < -0.3 is 14.8 Å². The van der Waals surface area contributed by atoms with Crippen molar-refractivity contribution < 1.29 is 9.47 Å². The Morgan fingerprint density at radius 1 is 1.40 bits per heavy atom. The molecule has 1 fully saturated rings. The molecule has 0 saturated carbocycles. The molecule has 0 aromatic heterocycles. The van der Waals surface area contributed by atoms with E-state index in [0.29, 0.717) is 6.61 Å². The highest BCUT2D eigenvalue weighted by molar-refractivity contribution is 9.11. The minimum Gasteiger partial charge on any atom is -0.492 e. The maximum atomic E-state index is 5.73. The number of hydrogen-bond donors (Lipinski definition) is 1. The zero-order valence-electron chi connectivity index (χ0n) is 11.8. The fourth-order valence-electron chi connectivity index (χ4n) is 2.39. The van der Waals surface area contributed by atoms with E-state index in [2.05, 4.69) is 43.2 Å². The van der Waals surface area contributed by atoms with Gasteiger partial charge in [-0.25, -0.2) is 0 Å². The standard InChI is InChI=1S/C15H21Br2NO2/c1-2-20-15-12(7-13(16)8-14(15)17)9-18-5-3-11-4-6-19-10-11/h7-8,11,18H,2-6,9-10H2,1H3. The average molecular weight is 407 g/mol. The van der Waals surface area contributed by atoms with Gasteiger partial charge in [-0.2, -0.15) is 0 Å². The molecular formula is C15H21Br2NO2. The maximum absolute atomic E-state index is 5.73. The first-order valence-electron chi connectivity index (χ1n) is 7.10. The largest absolute Gasteiger partial charge is 0.492 e. The predicted molar refractivity (Wildman–Crippen MR) is 88.3 cm³/mol.